The van der Waals surface area contributed by atoms with Crippen molar-refractivity contribution in [2.24, 2.45) is 5.73 Å². The molecule has 0 bridgehead atoms. The largest absolute Gasteiger partial charge is 0.480 e. The monoisotopic (exact) mass is 219 g/mol. The molecular weight excluding hydrogens is 206 g/mol. The number of carboxylic acids is 1. The minimum absolute atomic E-state index is 0.0128. The zero-order valence-corrected chi connectivity index (χ0v) is 7.90. The molecule has 0 fully saturated rings. The number of nitrogens with one attached hydrogen (secondary N) is 2. The summed E-state index contributed by atoms with van der Waals surface area (Å²) in [5.74, 6) is -1.92. The van der Waals surface area contributed by atoms with Gasteiger partial charge in [0.2, 0.25) is 5.91 Å². The second kappa shape index (κ2) is 6.60. The van der Waals surface area contributed by atoms with Crippen LogP contribution in [0.1, 0.15) is 6.42 Å². The number of primary amides is 1. The summed E-state index contributed by atoms with van der Waals surface area (Å²) in [4.78, 5) is 31.6. The first-order chi connectivity index (χ1) is 6.97. The van der Waals surface area contributed by atoms with Crippen molar-refractivity contribution in [3.8, 4) is 0 Å². The lowest BCUT2D eigenvalue weighted by atomic mass is 10.3. The maximum atomic E-state index is 10.9. The highest BCUT2D eigenvalue weighted by Gasteiger charge is 2.18. The molecule has 0 saturated carbocycles. The Morgan fingerprint density at radius 2 is 1.93 bits per heavy atom. The molecule has 0 aromatic heterocycles. The lowest BCUT2D eigenvalue weighted by Crippen LogP contribution is -2.48. The molecule has 0 heterocycles. The van der Waals surface area contributed by atoms with Crippen LogP contribution < -0.4 is 16.4 Å². The minimum atomic E-state index is -1.36. The Morgan fingerprint density at radius 1 is 1.33 bits per heavy atom. The van der Waals surface area contributed by atoms with Crippen molar-refractivity contribution in [1.82, 2.24) is 10.6 Å². The lowest BCUT2D eigenvalue weighted by Gasteiger charge is -2.11. The summed E-state index contributed by atoms with van der Waals surface area (Å²) in [6.45, 7) is -0.697. The van der Waals surface area contributed by atoms with Crippen molar-refractivity contribution >= 4 is 17.9 Å². The first-order valence-corrected chi connectivity index (χ1v) is 4.13. The van der Waals surface area contributed by atoms with Gasteiger partial charge >= 0.3 is 12.0 Å². The summed E-state index contributed by atoms with van der Waals surface area (Å²) in [5.41, 5.74) is 4.81. The number of rotatable bonds is 6. The molecule has 0 saturated heterocycles. The molecule has 6 N–H and O–H groups in total. The van der Waals surface area contributed by atoms with Crippen LogP contribution in [0.2, 0.25) is 0 Å². The van der Waals surface area contributed by atoms with Gasteiger partial charge in [-0.2, -0.15) is 0 Å². The number of carbonyl (C=O) groups excluding carboxylic acids is 2. The Hall–Kier alpha value is -1.83. The van der Waals surface area contributed by atoms with Crippen LogP contribution in [-0.4, -0.2) is 47.3 Å². The number of carbonyl (C=O) groups is 3. The highest BCUT2D eigenvalue weighted by molar-refractivity contribution is 5.83. The van der Waals surface area contributed by atoms with Crippen molar-refractivity contribution < 1.29 is 24.6 Å². The van der Waals surface area contributed by atoms with Crippen LogP contribution >= 0.6 is 0 Å². The molecule has 0 spiro atoms. The van der Waals surface area contributed by atoms with Gasteiger partial charge < -0.3 is 26.6 Å². The van der Waals surface area contributed by atoms with E-state index in [1.807, 2.05) is 5.32 Å². The van der Waals surface area contributed by atoms with Gasteiger partial charge in [-0.1, -0.05) is 0 Å². The van der Waals surface area contributed by atoms with Crippen molar-refractivity contribution in [3.05, 3.63) is 0 Å². The summed E-state index contributed by atoms with van der Waals surface area (Å²) in [6.07, 6.45) is -0.0374. The van der Waals surface area contributed by atoms with Gasteiger partial charge in [-0.05, 0) is 0 Å². The number of carboxylic acid groups (broad SMARTS) is 1. The third-order valence-electron chi connectivity index (χ3n) is 1.44. The Balaban J connectivity index is 3.81. The smallest absolute Gasteiger partial charge is 0.328 e. The molecule has 0 aliphatic carbocycles. The van der Waals surface area contributed by atoms with Gasteiger partial charge in [0.1, 0.15) is 0 Å². The van der Waals surface area contributed by atoms with Gasteiger partial charge in [-0.3, -0.25) is 4.79 Å². The van der Waals surface area contributed by atoms with Gasteiger partial charge in [0.05, 0.1) is 6.61 Å². The Kier molecular flexibility index (Phi) is 5.79. The Morgan fingerprint density at radius 3 is 2.33 bits per heavy atom. The molecule has 3 amide bonds. The molecule has 0 aromatic carbocycles. The number of aliphatic hydroxyl groups is 1. The summed E-state index contributed by atoms with van der Waals surface area (Å²) in [6, 6.07) is -2.14. The van der Waals surface area contributed by atoms with Crippen molar-refractivity contribution in [2.75, 3.05) is 13.2 Å². The minimum Gasteiger partial charge on any atom is -0.480 e. The second-order valence-corrected chi connectivity index (χ2v) is 2.69. The van der Waals surface area contributed by atoms with E-state index in [1.54, 1.807) is 0 Å². The van der Waals surface area contributed by atoms with E-state index in [0.29, 0.717) is 0 Å². The topological polar surface area (TPSA) is 142 Å². The van der Waals surface area contributed by atoms with E-state index >= 15 is 0 Å². The van der Waals surface area contributed by atoms with E-state index in [1.165, 1.54) is 0 Å². The van der Waals surface area contributed by atoms with Gasteiger partial charge in [-0.15, -0.1) is 0 Å². The molecule has 1 unspecified atom stereocenters. The number of aliphatic carboxylic acids is 1. The zero-order chi connectivity index (χ0) is 11.8. The molecule has 0 aliphatic heterocycles. The molecule has 0 rings (SSSR count). The molecule has 0 aliphatic rings. The van der Waals surface area contributed by atoms with Crippen LogP contribution in [-0.2, 0) is 9.59 Å². The highest BCUT2D eigenvalue weighted by atomic mass is 16.4. The van der Waals surface area contributed by atoms with E-state index in [2.05, 4.69) is 5.32 Å². The molecule has 0 radical (unpaired) electrons. The number of hydrogen-bond donors (Lipinski definition) is 5. The quantitative estimate of drug-likeness (QED) is 0.338. The summed E-state index contributed by atoms with van der Waals surface area (Å²) < 4.78 is 0. The molecule has 0 aromatic rings. The fourth-order valence-electron chi connectivity index (χ4n) is 0.694. The highest BCUT2D eigenvalue weighted by Crippen LogP contribution is 1.82. The number of urea groups is 1. The Labute approximate surface area is 85.4 Å². The molecular formula is C7H13N3O5. The van der Waals surface area contributed by atoms with Gasteiger partial charge in [0, 0.05) is 13.0 Å². The summed E-state index contributed by atoms with van der Waals surface area (Å²) >= 11 is 0. The molecule has 15 heavy (non-hydrogen) atoms. The molecule has 1 atom stereocenters. The van der Waals surface area contributed by atoms with E-state index in [-0.39, 0.29) is 13.0 Å². The average Bonchev–Trinajstić information content (AvgIpc) is 2.13. The van der Waals surface area contributed by atoms with Crippen LogP contribution in [0.15, 0.2) is 0 Å². The maximum Gasteiger partial charge on any atom is 0.328 e. The number of nitrogens with two attached hydrogens (primary N) is 1. The first-order valence-electron chi connectivity index (χ1n) is 4.13. The van der Waals surface area contributed by atoms with E-state index in [4.69, 9.17) is 15.9 Å². The first kappa shape index (κ1) is 13.2. The second-order valence-electron chi connectivity index (χ2n) is 2.69. The predicted molar refractivity (Wildman–Crippen MR) is 48.9 cm³/mol. The fourth-order valence-corrected chi connectivity index (χ4v) is 0.694. The van der Waals surface area contributed by atoms with Gasteiger partial charge in [-0.25, -0.2) is 9.59 Å². The number of hydrogen-bond acceptors (Lipinski definition) is 4. The summed E-state index contributed by atoms with van der Waals surface area (Å²) in [7, 11) is 0. The SMILES string of the molecule is NC(=O)CCNC(=O)NC(CO)C(=O)O. The van der Waals surface area contributed by atoms with Crippen LogP contribution in [0.3, 0.4) is 0 Å². The third kappa shape index (κ3) is 6.27. The van der Waals surface area contributed by atoms with Crippen LogP contribution in [0.25, 0.3) is 0 Å². The van der Waals surface area contributed by atoms with E-state index < -0.39 is 30.6 Å². The van der Waals surface area contributed by atoms with Crippen molar-refractivity contribution in [1.29, 1.82) is 0 Å². The standard InChI is InChI=1S/C7H13N3O5/c8-5(12)1-2-9-7(15)10-4(3-11)6(13)14/h4,11H,1-3H2,(H2,8,12)(H,13,14)(H2,9,10,15). The molecule has 8 heteroatoms. The molecule has 86 valence electrons. The Bertz CT molecular complexity index is 255. The van der Waals surface area contributed by atoms with Crippen LogP contribution in [0, 0.1) is 0 Å². The van der Waals surface area contributed by atoms with Gasteiger partial charge in [0.25, 0.3) is 0 Å². The van der Waals surface area contributed by atoms with Crippen LogP contribution in [0.4, 0.5) is 4.79 Å². The number of amides is 3. The van der Waals surface area contributed by atoms with Crippen molar-refractivity contribution in [2.45, 2.75) is 12.5 Å². The lowest BCUT2D eigenvalue weighted by molar-refractivity contribution is -0.140. The average molecular weight is 219 g/mol. The molecule has 8 nitrogen and oxygen atoms in total. The summed E-state index contributed by atoms with van der Waals surface area (Å²) in [5, 5.41) is 21.2. The van der Waals surface area contributed by atoms with Crippen LogP contribution in [0.5, 0.6) is 0 Å². The van der Waals surface area contributed by atoms with E-state index in [0.717, 1.165) is 0 Å². The van der Waals surface area contributed by atoms with E-state index in [9.17, 15) is 14.4 Å². The third-order valence-corrected chi connectivity index (χ3v) is 1.44. The van der Waals surface area contributed by atoms with Crippen molar-refractivity contribution in [3.63, 3.8) is 0 Å². The maximum absolute atomic E-state index is 10.9. The number of aliphatic hydroxyl groups excluding tert-OH is 1. The van der Waals surface area contributed by atoms with Gasteiger partial charge in [0.15, 0.2) is 6.04 Å². The normalized spacial score (nSPS) is 11.5. The fraction of sp³-hybridized carbons (Fsp3) is 0.571. The predicted octanol–water partition coefficient (Wildman–Crippen LogP) is -2.39. The zero-order valence-electron chi connectivity index (χ0n) is 7.90.